The molecule has 0 aliphatic carbocycles. The van der Waals surface area contributed by atoms with Gasteiger partial charge in [0.1, 0.15) is 0 Å². The normalized spacial score (nSPS) is 11.1. The van der Waals surface area contributed by atoms with Crippen molar-refractivity contribution >= 4 is 27.7 Å². The summed E-state index contributed by atoms with van der Waals surface area (Å²) in [4.78, 5) is 3.79. The summed E-state index contributed by atoms with van der Waals surface area (Å²) < 4.78 is 5.48. The Labute approximate surface area is 123 Å². The lowest BCUT2D eigenvalue weighted by atomic mass is 10.4. The Morgan fingerprint density at radius 1 is 1.17 bits per heavy atom. The summed E-state index contributed by atoms with van der Waals surface area (Å²) in [7, 11) is 0. The first-order valence-electron chi connectivity index (χ1n) is 6.40. The van der Waals surface area contributed by atoms with Gasteiger partial charge in [0.05, 0.1) is 13.2 Å². The van der Waals surface area contributed by atoms with E-state index in [0.717, 1.165) is 43.9 Å². The number of alkyl halides is 1. The Bertz CT molecular complexity index is 297. The van der Waals surface area contributed by atoms with Gasteiger partial charge in [-0.2, -0.15) is 0 Å². The van der Waals surface area contributed by atoms with E-state index in [2.05, 4.69) is 58.1 Å². The van der Waals surface area contributed by atoms with Crippen LogP contribution in [0.1, 0.15) is 6.92 Å². The SMILES string of the molecule is CCN(CCOCCBr)CCSc1ccccc1. The highest BCUT2D eigenvalue weighted by molar-refractivity contribution is 9.09. The molecule has 1 aromatic carbocycles. The van der Waals surface area contributed by atoms with Crippen LogP contribution in [0.5, 0.6) is 0 Å². The van der Waals surface area contributed by atoms with Crippen molar-refractivity contribution in [1.29, 1.82) is 0 Å². The standard InChI is InChI=1S/C14H22BrNOS/c1-2-16(9-12-17-11-8-15)10-13-18-14-6-4-3-5-7-14/h3-7H,2,8-13H2,1H3. The summed E-state index contributed by atoms with van der Waals surface area (Å²) >= 11 is 5.28. The number of hydrogen-bond acceptors (Lipinski definition) is 3. The van der Waals surface area contributed by atoms with Crippen molar-refractivity contribution < 1.29 is 4.74 Å². The van der Waals surface area contributed by atoms with Crippen LogP contribution < -0.4 is 0 Å². The largest absolute Gasteiger partial charge is 0.379 e. The van der Waals surface area contributed by atoms with Gasteiger partial charge in [-0.3, -0.25) is 0 Å². The van der Waals surface area contributed by atoms with Crippen molar-refractivity contribution in [2.45, 2.75) is 11.8 Å². The number of likely N-dealkylation sites (N-methyl/N-ethyl adjacent to an activating group) is 1. The number of rotatable bonds is 10. The minimum atomic E-state index is 0.802. The molecule has 0 unspecified atom stereocenters. The summed E-state index contributed by atoms with van der Waals surface area (Å²) in [6.45, 7) is 7.07. The minimum Gasteiger partial charge on any atom is -0.379 e. The van der Waals surface area contributed by atoms with Gasteiger partial charge in [-0.1, -0.05) is 41.1 Å². The highest BCUT2D eigenvalue weighted by atomic mass is 79.9. The number of ether oxygens (including phenoxy) is 1. The fraction of sp³-hybridized carbons (Fsp3) is 0.571. The topological polar surface area (TPSA) is 12.5 Å². The second kappa shape index (κ2) is 10.9. The van der Waals surface area contributed by atoms with Crippen LogP contribution in [0, 0.1) is 0 Å². The third kappa shape index (κ3) is 7.41. The lowest BCUT2D eigenvalue weighted by molar-refractivity contribution is 0.120. The third-order valence-electron chi connectivity index (χ3n) is 2.64. The Morgan fingerprint density at radius 2 is 1.94 bits per heavy atom. The molecule has 1 aromatic rings. The lowest BCUT2D eigenvalue weighted by Crippen LogP contribution is -2.29. The van der Waals surface area contributed by atoms with Gasteiger partial charge in [0.2, 0.25) is 0 Å². The Morgan fingerprint density at radius 3 is 2.61 bits per heavy atom. The summed E-state index contributed by atoms with van der Waals surface area (Å²) in [5, 5.41) is 0.920. The van der Waals surface area contributed by atoms with Crippen molar-refractivity contribution in [1.82, 2.24) is 4.90 Å². The molecule has 0 radical (unpaired) electrons. The number of hydrogen-bond donors (Lipinski definition) is 0. The first kappa shape index (κ1) is 16.0. The molecule has 0 atom stereocenters. The maximum atomic E-state index is 5.48. The number of thioether (sulfide) groups is 1. The van der Waals surface area contributed by atoms with Crippen molar-refractivity contribution in [2.24, 2.45) is 0 Å². The van der Waals surface area contributed by atoms with Gasteiger partial charge in [-0.15, -0.1) is 11.8 Å². The molecule has 0 aliphatic rings. The van der Waals surface area contributed by atoms with E-state index in [0.29, 0.717) is 0 Å². The van der Waals surface area contributed by atoms with Gasteiger partial charge < -0.3 is 9.64 Å². The second-order valence-electron chi connectivity index (χ2n) is 3.90. The number of benzene rings is 1. The summed E-state index contributed by atoms with van der Waals surface area (Å²) in [5.74, 6) is 1.14. The smallest absolute Gasteiger partial charge is 0.0593 e. The van der Waals surface area contributed by atoms with Crippen LogP contribution in [0.4, 0.5) is 0 Å². The molecule has 18 heavy (non-hydrogen) atoms. The van der Waals surface area contributed by atoms with Gasteiger partial charge in [-0.05, 0) is 18.7 Å². The Balaban J connectivity index is 2.11. The third-order valence-corrected chi connectivity index (χ3v) is 3.96. The number of nitrogens with zero attached hydrogens (tertiary/aromatic N) is 1. The van der Waals surface area contributed by atoms with Crippen molar-refractivity contribution in [3.8, 4) is 0 Å². The van der Waals surface area contributed by atoms with E-state index in [-0.39, 0.29) is 0 Å². The van der Waals surface area contributed by atoms with Gasteiger partial charge in [0.15, 0.2) is 0 Å². The van der Waals surface area contributed by atoms with E-state index in [1.54, 1.807) is 0 Å². The molecule has 0 fully saturated rings. The van der Waals surface area contributed by atoms with Crippen LogP contribution in [-0.4, -0.2) is 48.8 Å². The average Bonchev–Trinajstić information content (AvgIpc) is 2.42. The molecule has 0 saturated carbocycles. The molecule has 0 heterocycles. The molecule has 2 nitrogen and oxygen atoms in total. The van der Waals surface area contributed by atoms with Crippen LogP contribution in [0.15, 0.2) is 35.2 Å². The molecule has 0 spiro atoms. The van der Waals surface area contributed by atoms with E-state index in [4.69, 9.17) is 4.74 Å². The zero-order valence-electron chi connectivity index (χ0n) is 11.0. The van der Waals surface area contributed by atoms with Crippen LogP contribution >= 0.6 is 27.7 Å². The monoisotopic (exact) mass is 331 g/mol. The highest BCUT2D eigenvalue weighted by Gasteiger charge is 2.02. The van der Waals surface area contributed by atoms with Crippen LogP contribution in [0.3, 0.4) is 0 Å². The van der Waals surface area contributed by atoms with Gasteiger partial charge in [0.25, 0.3) is 0 Å². The fourth-order valence-electron chi connectivity index (χ4n) is 1.59. The molecule has 0 aliphatic heterocycles. The van der Waals surface area contributed by atoms with E-state index < -0.39 is 0 Å². The molecular formula is C14H22BrNOS. The van der Waals surface area contributed by atoms with E-state index >= 15 is 0 Å². The zero-order chi connectivity index (χ0) is 13.1. The molecule has 1 rings (SSSR count). The average molecular weight is 332 g/mol. The molecule has 0 bridgehead atoms. The van der Waals surface area contributed by atoms with Crippen LogP contribution in [0.2, 0.25) is 0 Å². The molecule has 0 saturated heterocycles. The predicted octanol–water partition coefficient (Wildman–Crippen LogP) is 3.51. The Hall–Kier alpha value is -0.0300. The van der Waals surface area contributed by atoms with Gasteiger partial charge in [-0.25, -0.2) is 0 Å². The van der Waals surface area contributed by atoms with Crippen molar-refractivity contribution in [3.05, 3.63) is 30.3 Å². The summed E-state index contributed by atoms with van der Waals surface area (Å²) in [5.41, 5.74) is 0. The van der Waals surface area contributed by atoms with Crippen molar-refractivity contribution in [3.63, 3.8) is 0 Å². The van der Waals surface area contributed by atoms with Crippen molar-refractivity contribution in [2.75, 3.05) is 43.9 Å². The summed E-state index contributed by atoms with van der Waals surface area (Å²) in [6, 6.07) is 10.6. The van der Waals surface area contributed by atoms with Gasteiger partial charge >= 0.3 is 0 Å². The quantitative estimate of drug-likeness (QED) is 0.370. The maximum Gasteiger partial charge on any atom is 0.0593 e. The first-order chi connectivity index (χ1) is 8.86. The minimum absolute atomic E-state index is 0.802. The molecule has 102 valence electrons. The molecule has 0 aromatic heterocycles. The fourth-order valence-corrected chi connectivity index (χ4v) is 2.75. The highest BCUT2D eigenvalue weighted by Crippen LogP contribution is 2.16. The van der Waals surface area contributed by atoms with Crippen LogP contribution in [-0.2, 0) is 4.74 Å². The first-order valence-corrected chi connectivity index (χ1v) is 8.51. The predicted molar refractivity (Wildman–Crippen MR) is 83.9 cm³/mol. The van der Waals surface area contributed by atoms with E-state index in [9.17, 15) is 0 Å². The molecule has 4 heteroatoms. The molecular weight excluding hydrogens is 310 g/mol. The van der Waals surface area contributed by atoms with E-state index in [1.165, 1.54) is 4.90 Å². The maximum absolute atomic E-state index is 5.48. The summed E-state index contributed by atoms with van der Waals surface area (Å²) in [6.07, 6.45) is 0. The lowest BCUT2D eigenvalue weighted by Gasteiger charge is -2.19. The number of halogens is 1. The van der Waals surface area contributed by atoms with Crippen LogP contribution in [0.25, 0.3) is 0 Å². The molecule has 0 amide bonds. The molecule has 0 N–H and O–H groups in total. The Kier molecular flexibility index (Phi) is 9.66. The van der Waals surface area contributed by atoms with Gasteiger partial charge in [0, 0.05) is 29.1 Å². The second-order valence-corrected chi connectivity index (χ2v) is 5.86. The zero-order valence-corrected chi connectivity index (χ0v) is 13.4. The van der Waals surface area contributed by atoms with E-state index in [1.807, 2.05) is 11.8 Å².